The van der Waals surface area contributed by atoms with E-state index in [0.717, 1.165) is 13.1 Å². The highest BCUT2D eigenvalue weighted by Gasteiger charge is 2.39. The van der Waals surface area contributed by atoms with Gasteiger partial charge in [0.2, 0.25) is 0 Å². The average Bonchev–Trinajstić information content (AvgIpc) is 3.04. The minimum Gasteiger partial charge on any atom is -0.308 e. The van der Waals surface area contributed by atoms with Crippen LogP contribution in [-0.2, 0) is 13.0 Å². The van der Waals surface area contributed by atoms with E-state index in [1.165, 1.54) is 38.6 Å². The van der Waals surface area contributed by atoms with Crippen LogP contribution in [0.4, 0.5) is 0 Å². The second-order valence-corrected chi connectivity index (χ2v) is 7.35. The normalized spacial score (nSPS) is 27.2. The predicted molar refractivity (Wildman–Crippen MR) is 82.8 cm³/mol. The van der Waals surface area contributed by atoms with Crippen LogP contribution in [0.3, 0.4) is 0 Å². The third kappa shape index (κ3) is 2.74. The summed E-state index contributed by atoms with van der Waals surface area (Å²) in [6.45, 7) is 8.20. The fraction of sp³-hybridized carbons (Fsp3) is 0.750. The number of aryl methyl sites for hydroxylation is 1. The van der Waals surface area contributed by atoms with Gasteiger partial charge >= 0.3 is 0 Å². The number of thiophene rings is 1. The molecule has 0 amide bonds. The monoisotopic (exact) mass is 278 g/mol. The van der Waals surface area contributed by atoms with E-state index in [1.54, 1.807) is 10.4 Å². The highest BCUT2D eigenvalue weighted by molar-refractivity contribution is 7.10. The lowest BCUT2D eigenvalue weighted by molar-refractivity contribution is 0.0834. The molecule has 2 heterocycles. The molecule has 0 aromatic carbocycles. The summed E-state index contributed by atoms with van der Waals surface area (Å²) in [6.07, 6.45) is 6.75. The zero-order valence-electron chi connectivity index (χ0n) is 12.2. The van der Waals surface area contributed by atoms with Crippen LogP contribution in [0, 0.1) is 0 Å². The number of rotatable bonds is 3. The topological polar surface area (TPSA) is 15.3 Å². The maximum atomic E-state index is 3.84. The molecule has 106 valence electrons. The second-order valence-electron chi connectivity index (χ2n) is 6.34. The van der Waals surface area contributed by atoms with E-state index >= 15 is 0 Å². The van der Waals surface area contributed by atoms with Gasteiger partial charge in [0.1, 0.15) is 0 Å². The summed E-state index contributed by atoms with van der Waals surface area (Å²) in [5.41, 5.74) is 1.99. The SMILES string of the molecule is CCc1ccsc1CN1CC2(CCCC2)NCC1C. The molecule has 1 spiro atoms. The molecule has 1 aliphatic heterocycles. The number of nitrogens with zero attached hydrogens (tertiary/aromatic N) is 1. The third-order valence-corrected chi connectivity index (χ3v) is 5.98. The highest BCUT2D eigenvalue weighted by Crippen LogP contribution is 2.34. The Balaban J connectivity index is 1.71. The summed E-state index contributed by atoms with van der Waals surface area (Å²) in [6, 6.07) is 2.97. The van der Waals surface area contributed by atoms with Crippen LogP contribution in [0.25, 0.3) is 0 Å². The number of nitrogens with one attached hydrogen (secondary N) is 1. The number of hydrogen-bond donors (Lipinski definition) is 1. The van der Waals surface area contributed by atoms with Gasteiger partial charge < -0.3 is 5.32 Å². The zero-order chi connectivity index (χ0) is 13.3. The zero-order valence-corrected chi connectivity index (χ0v) is 13.1. The van der Waals surface area contributed by atoms with Gasteiger partial charge in [-0.25, -0.2) is 0 Å². The Labute approximate surface area is 121 Å². The molecule has 1 saturated carbocycles. The van der Waals surface area contributed by atoms with E-state index < -0.39 is 0 Å². The smallest absolute Gasteiger partial charge is 0.0334 e. The molecule has 2 aliphatic rings. The molecule has 1 unspecified atom stereocenters. The van der Waals surface area contributed by atoms with Crippen LogP contribution in [0.5, 0.6) is 0 Å². The largest absolute Gasteiger partial charge is 0.308 e. The van der Waals surface area contributed by atoms with E-state index in [0.29, 0.717) is 11.6 Å². The molecular formula is C16H26N2S. The molecule has 3 rings (SSSR count). The van der Waals surface area contributed by atoms with Gasteiger partial charge in [-0.1, -0.05) is 19.8 Å². The van der Waals surface area contributed by atoms with E-state index in [9.17, 15) is 0 Å². The molecule has 2 nitrogen and oxygen atoms in total. The number of piperazine rings is 1. The van der Waals surface area contributed by atoms with Gasteiger partial charge in [-0.3, -0.25) is 4.90 Å². The van der Waals surface area contributed by atoms with Crippen molar-refractivity contribution in [3.8, 4) is 0 Å². The van der Waals surface area contributed by atoms with Crippen LogP contribution in [0.1, 0.15) is 50.0 Å². The van der Waals surface area contributed by atoms with Crippen molar-refractivity contribution in [1.29, 1.82) is 0 Å². The molecule has 1 N–H and O–H groups in total. The summed E-state index contributed by atoms with van der Waals surface area (Å²) >= 11 is 1.94. The van der Waals surface area contributed by atoms with Gasteiger partial charge in [0.05, 0.1) is 0 Å². The average molecular weight is 278 g/mol. The minimum absolute atomic E-state index is 0.441. The van der Waals surface area contributed by atoms with Gasteiger partial charge in [-0.15, -0.1) is 11.3 Å². The van der Waals surface area contributed by atoms with Crippen LogP contribution in [0.2, 0.25) is 0 Å². The molecule has 2 fully saturated rings. The Morgan fingerprint density at radius 2 is 2.21 bits per heavy atom. The summed E-state index contributed by atoms with van der Waals surface area (Å²) in [4.78, 5) is 4.30. The van der Waals surface area contributed by atoms with Gasteiger partial charge in [0, 0.05) is 36.1 Å². The number of hydrogen-bond acceptors (Lipinski definition) is 3. The summed E-state index contributed by atoms with van der Waals surface area (Å²) in [5, 5.41) is 6.10. The van der Waals surface area contributed by atoms with Crippen molar-refractivity contribution in [3.05, 3.63) is 21.9 Å². The molecule has 19 heavy (non-hydrogen) atoms. The van der Waals surface area contributed by atoms with Crippen molar-refractivity contribution in [3.63, 3.8) is 0 Å². The van der Waals surface area contributed by atoms with Gasteiger partial charge in [0.25, 0.3) is 0 Å². The Hall–Kier alpha value is -0.380. The fourth-order valence-corrected chi connectivity index (χ4v) is 4.70. The van der Waals surface area contributed by atoms with Gasteiger partial charge in [-0.05, 0) is 43.2 Å². The van der Waals surface area contributed by atoms with E-state index in [4.69, 9.17) is 0 Å². The van der Waals surface area contributed by atoms with Crippen LogP contribution >= 0.6 is 11.3 Å². The highest BCUT2D eigenvalue weighted by atomic mass is 32.1. The summed E-state index contributed by atoms with van der Waals surface area (Å²) < 4.78 is 0. The van der Waals surface area contributed by atoms with Crippen LogP contribution < -0.4 is 5.32 Å². The molecule has 1 saturated heterocycles. The van der Waals surface area contributed by atoms with Gasteiger partial charge in [-0.2, -0.15) is 0 Å². The van der Waals surface area contributed by atoms with Crippen molar-refractivity contribution in [1.82, 2.24) is 10.2 Å². The lowest BCUT2D eigenvalue weighted by atomic mass is 9.92. The fourth-order valence-electron chi connectivity index (χ4n) is 3.70. The first-order chi connectivity index (χ1) is 9.22. The van der Waals surface area contributed by atoms with Crippen molar-refractivity contribution >= 4 is 11.3 Å². The Morgan fingerprint density at radius 1 is 1.42 bits per heavy atom. The van der Waals surface area contributed by atoms with E-state index in [-0.39, 0.29) is 0 Å². The minimum atomic E-state index is 0.441. The standard InChI is InChI=1S/C16H26N2S/c1-3-14-6-9-19-15(14)11-18-12-16(7-4-5-8-16)17-10-13(18)2/h6,9,13,17H,3-5,7-8,10-12H2,1-2H3. The third-order valence-electron chi connectivity index (χ3n) is 5.03. The Kier molecular flexibility index (Phi) is 3.97. The maximum absolute atomic E-state index is 3.84. The molecular weight excluding hydrogens is 252 g/mol. The first kappa shape index (κ1) is 13.6. The quantitative estimate of drug-likeness (QED) is 0.911. The molecule has 0 bridgehead atoms. The molecule has 0 radical (unpaired) electrons. The Morgan fingerprint density at radius 3 is 2.95 bits per heavy atom. The molecule has 1 aromatic rings. The van der Waals surface area contributed by atoms with E-state index in [1.807, 2.05) is 11.3 Å². The van der Waals surface area contributed by atoms with E-state index in [2.05, 4.69) is 35.5 Å². The predicted octanol–water partition coefficient (Wildman–Crippen LogP) is 3.42. The lowest BCUT2D eigenvalue weighted by Crippen LogP contribution is -2.61. The second kappa shape index (κ2) is 5.55. The summed E-state index contributed by atoms with van der Waals surface area (Å²) in [5.74, 6) is 0. The molecule has 1 aromatic heterocycles. The van der Waals surface area contributed by atoms with Crippen molar-refractivity contribution in [2.24, 2.45) is 0 Å². The van der Waals surface area contributed by atoms with Crippen molar-refractivity contribution in [2.45, 2.75) is 64.1 Å². The first-order valence-corrected chi connectivity index (χ1v) is 8.65. The Bertz CT molecular complexity index is 420. The van der Waals surface area contributed by atoms with Gasteiger partial charge in [0.15, 0.2) is 0 Å². The summed E-state index contributed by atoms with van der Waals surface area (Å²) in [7, 11) is 0. The molecule has 1 aliphatic carbocycles. The van der Waals surface area contributed by atoms with Crippen molar-refractivity contribution in [2.75, 3.05) is 13.1 Å². The first-order valence-electron chi connectivity index (χ1n) is 7.77. The maximum Gasteiger partial charge on any atom is 0.0334 e. The van der Waals surface area contributed by atoms with Crippen molar-refractivity contribution < 1.29 is 0 Å². The molecule has 1 atom stereocenters. The molecule has 3 heteroatoms. The lowest BCUT2D eigenvalue weighted by Gasteiger charge is -2.45. The van der Waals surface area contributed by atoms with Crippen LogP contribution in [-0.4, -0.2) is 29.6 Å². The van der Waals surface area contributed by atoms with Crippen LogP contribution in [0.15, 0.2) is 11.4 Å².